The maximum atomic E-state index is 12.7. The normalized spacial score (nSPS) is 14.5. The summed E-state index contributed by atoms with van der Waals surface area (Å²) in [6.07, 6.45) is -4.45. The molecule has 1 aliphatic heterocycles. The molecule has 0 radical (unpaired) electrons. The van der Waals surface area contributed by atoms with Crippen molar-refractivity contribution in [1.82, 2.24) is 24.6 Å². The monoisotopic (exact) mass is 475 g/mol. The number of aromatic nitrogens is 3. The first-order valence-corrected chi connectivity index (χ1v) is 10.7. The number of rotatable bonds is 4. The molecule has 0 saturated carbocycles. The van der Waals surface area contributed by atoms with Crippen LogP contribution in [0.4, 0.5) is 13.2 Å². The van der Waals surface area contributed by atoms with Crippen molar-refractivity contribution in [3.05, 3.63) is 52.7 Å². The van der Waals surface area contributed by atoms with Crippen LogP contribution < -0.4 is 4.74 Å². The van der Waals surface area contributed by atoms with Gasteiger partial charge in [0.05, 0.1) is 10.9 Å². The average molecular weight is 475 g/mol. The molecule has 2 amide bonds. The summed E-state index contributed by atoms with van der Waals surface area (Å²) in [6, 6.07) is 6.05. The van der Waals surface area contributed by atoms with Gasteiger partial charge in [0.1, 0.15) is 0 Å². The van der Waals surface area contributed by atoms with Crippen LogP contribution in [0, 0.1) is 13.8 Å². The van der Waals surface area contributed by atoms with E-state index in [2.05, 4.69) is 10.1 Å². The Hall–Kier alpha value is -3.63. The van der Waals surface area contributed by atoms with E-state index in [9.17, 15) is 22.8 Å². The molecule has 0 unspecified atom stereocenters. The predicted octanol–water partition coefficient (Wildman–Crippen LogP) is 2.97. The van der Waals surface area contributed by atoms with Gasteiger partial charge in [-0.2, -0.15) is 13.2 Å². The number of alkyl halides is 3. The number of aryl methyl sites for hydroxylation is 3. The number of benzene rings is 1. The summed E-state index contributed by atoms with van der Waals surface area (Å²) in [7, 11) is 1.76. The smallest absolute Gasteiger partial charge is 0.416 e. The van der Waals surface area contributed by atoms with Gasteiger partial charge in [0, 0.05) is 44.5 Å². The predicted molar refractivity (Wildman–Crippen MR) is 117 cm³/mol. The number of amides is 2. The van der Waals surface area contributed by atoms with Gasteiger partial charge in [-0.05, 0) is 49.7 Å². The zero-order valence-corrected chi connectivity index (χ0v) is 19.0. The van der Waals surface area contributed by atoms with Crippen molar-refractivity contribution in [2.45, 2.75) is 20.0 Å². The molecule has 0 bridgehead atoms. The zero-order chi connectivity index (χ0) is 24.6. The second-order valence-electron chi connectivity index (χ2n) is 8.24. The number of hydrogen-bond acceptors (Lipinski definition) is 5. The third-order valence-corrected chi connectivity index (χ3v) is 5.80. The Kier molecular flexibility index (Phi) is 6.20. The van der Waals surface area contributed by atoms with E-state index in [0.717, 1.165) is 28.8 Å². The number of piperazine rings is 1. The number of hydrogen-bond donors (Lipinski definition) is 0. The second kappa shape index (κ2) is 8.96. The molecule has 11 heteroatoms. The minimum absolute atomic E-state index is 0.178. The maximum absolute atomic E-state index is 12.7. The maximum Gasteiger partial charge on any atom is 0.416 e. The Bertz CT molecular complexity index is 1230. The first-order chi connectivity index (χ1) is 16.0. The molecule has 0 atom stereocenters. The van der Waals surface area contributed by atoms with E-state index in [-0.39, 0.29) is 37.1 Å². The van der Waals surface area contributed by atoms with E-state index in [1.165, 1.54) is 17.0 Å². The third-order valence-electron chi connectivity index (χ3n) is 5.80. The van der Waals surface area contributed by atoms with Crippen molar-refractivity contribution in [1.29, 1.82) is 0 Å². The number of nitrogens with zero attached hydrogens (tertiary/aromatic N) is 5. The SMILES string of the molecule is Cc1cc(C)c2c(OCC(=O)N3CCN(C(=O)c4ccc(C(F)(F)F)cc4)CC3)nn(C)c2n1. The first-order valence-electron chi connectivity index (χ1n) is 10.7. The molecule has 34 heavy (non-hydrogen) atoms. The molecule has 1 fully saturated rings. The molecule has 3 heterocycles. The van der Waals surface area contributed by atoms with E-state index < -0.39 is 11.7 Å². The van der Waals surface area contributed by atoms with Crippen LogP contribution in [-0.2, 0) is 18.0 Å². The molecule has 3 aromatic rings. The molecular formula is C23H24F3N5O3. The number of carbonyl (C=O) groups is 2. The van der Waals surface area contributed by atoms with Gasteiger partial charge in [-0.1, -0.05) is 0 Å². The lowest BCUT2D eigenvalue weighted by molar-refractivity contribution is -0.137. The number of pyridine rings is 1. The van der Waals surface area contributed by atoms with Crippen molar-refractivity contribution in [2.75, 3.05) is 32.8 Å². The summed E-state index contributed by atoms with van der Waals surface area (Å²) >= 11 is 0. The third kappa shape index (κ3) is 4.68. The Labute approximate surface area is 193 Å². The summed E-state index contributed by atoms with van der Waals surface area (Å²) in [5.41, 5.74) is 1.86. The fourth-order valence-electron chi connectivity index (χ4n) is 4.01. The van der Waals surface area contributed by atoms with Crippen LogP contribution in [0.2, 0.25) is 0 Å². The second-order valence-corrected chi connectivity index (χ2v) is 8.24. The van der Waals surface area contributed by atoms with Crippen molar-refractivity contribution in [3.8, 4) is 5.88 Å². The summed E-state index contributed by atoms with van der Waals surface area (Å²) in [6.45, 7) is 4.79. The van der Waals surface area contributed by atoms with Gasteiger partial charge in [0.15, 0.2) is 12.3 Å². The van der Waals surface area contributed by atoms with Crippen LogP contribution in [-0.4, -0.2) is 69.2 Å². The molecule has 0 N–H and O–H groups in total. The van der Waals surface area contributed by atoms with Crippen molar-refractivity contribution >= 4 is 22.8 Å². The molecule has 2 aromatic heterocycles. The van der Waals surface area contributed by atoms with Gasteiger partial charge >= 0.3 is 6.18 Å². The van der Waals surface area contributed by atoms with Crippen LogP contribution in [0.25, 0.3) is 11.0 Å². The van der Waals surface area contributed by atoms with Crippen LogP contribution in [0.1, 0.15) is 27.2 Å². The Balaban J connectivity index is 1.34. The van der Waals surface area contributed by atoms with Crippen LogP contribution >= 0.6 is 0 Å². The van der Waals surface area contributed by atoms with Gasteiger partial charge in [-0.15, -0.1) is 5.10 Å². The average Bonchev–Trinajstić information content (AvgIpc) is 3.12. The van der Waals surface area contributed by atoms with Gasteiger partial charge in [0.2, 0.25) is 5.88 Å². The highest BCUT2D eigenvalue weighted by Gasteiger charge is 2.31. The molecule has 0 aliphatic carbocycles. The van der Waals surface area contributed by atoms with E-state index >= 15 is 0 Å². The van der Waals surface area contributed by atoms with Crippen molar-refractivity contribution in [2.24, 2.45) is 7.05 Å². The Morgan fingerprint density at radius 3 is 2.26 bits per heavy atom. The number of halogens is 3. The van der Waals surface area contributed by atoms with E-state index in [0.29, 0.717) is 24.6 Å². The van der Waals surface area contributed by atoms with E-state index in [1.54, 1.807) is 16.6 Å². The van der Waals surface area contributed by atoms with Crippen LogP contribution in [0.15, 0.2) is 30.3 Å². The van der Waals surface area contributed by atoms with E-state index in [4.69, 9.17) is 4.74 Å². The molecule has 180 valence electrons. The van der Waals surface area contributed by atoms with Gasteiger partial charge in [-0.3, -0.25) is 9.59 Å². The summed E-state index contributed by atoms with van der Waals surface area (Å²) in [4.78, 5) is 32.9. The Morgan fingerprint density at radius 1 is 1.03 bits per heavy atom. The molecule has 4 rings (SSSR count). The standard InChI is InChI=1S/C23H24F3N5O3/c1-14-12-15(2)27-20-19(14)21(28-29(20)3)34-13-18(32)30-8-10-31(11-9-30)22(33)16-4-6-17(7-5-16)23(24,25)26/h4-7,12H,8-11,13H2,1-3H3. The minimum atomic E-state index is -4.45. The lowest BCUT2D eigenvalue weighted by Gasteiger charge is -2.34. The number of carbonyl (C=O) groups excluding carboxylic acids is 2. The summed E-state index contributed by atoms with van der Waals surface area (Å²) in [5, 5.41) is 5.09. The highest BCUT2D eigenvalue weighted by Crippen LogP contribution is 2.29. The molecule has 1 saturated heterocycles. The first kappa shape index (κ1) is 23.5. The van der Waals surface area contributed by atoms with Gasteiger partial charge in [0.25, 0.3) is 11.8 Å². The largest absolute Gasteiger partial charge is 0.466 e. The summed E-state index contributed by atoms with van der Waals surface area (Å²) in [5.74, 6) is -0.263. The molecular weight excluding hydrogens is 451 g/mol. The zero-order valence-electron chi connectivity index (χ0n) is 19.0. The van der Waals surface area contributed by atoms with Crippen LogP contribution in [0.3, 0.4) is 0 Å². The fourth-order valence-corrected chi connectivity index (χ4v) is 4.01. The van der Waals surface area contributed by atoms with Crippen molar-refractivity contribution < 1.29 is 27.5 Å². The fraction of sp³-hybridized carbons (Fsp3) is 0.391. The molecule has 0 spiro atoms. The van der Waals surface area contributed by atoms with Crippen LogP contribution in [0.5, 0.6) is 5.88 Å². The topological polar surface area (TPSA) is 80.6 Å². The highest BCUT2D eigenvalue weighted by atomic mass is 19.4. The van der Waals surface area contributed by atoms with E-state index in [1.807, 2.05) is 19.9 Å². The number of ether oxygens (including phenoxy) is 1. The van der Waals surface area contributed by atoms with Crippen molar-refractivity contribution in [3.63, 3.8) is 0 Å². The molecule has 1 aromatic carbocycles. The van der Waals surface area contributed by atoms with Gasteiger partial charge in [-0.25, -0.2) is 9.67 Å². The lowest BCUT2D eigenvalue weighted by Crippen LogP contribution is -2.51. The number of fused-ring (bicyclic) bond motifs is 1. The minimum Gasteiger partial charge on any atom is -0.466 e. The quantitative estimate of drug-likeness (QED) is 0.580. The lowest BCUT2D eigenvalue weighted by atomic mass is 10.1. The highest BCUT2D eigenvalue weighted by molar-refractivity contribution is 5.94. The molecule has 1 aliphatic rings. The molecule has 8 nitrogen and oxygen atoms in total. The Morgan fingerprint density at radius 2 is 1.65 bits per heavy atom. The van der Waals surface area contributed by atoms with Gasteiger partial charge < -0.3 is 14.5 Å². The summed E-state index contributed by atoms with van der Waals surface area (Å²) < 4.78 is 45.5.